The molecule has 0 fully saturated rings. The quantitative estimate of drug-likeness (QED) is 0.544. The molecular weight excluding hydrogens is 242 g/mol. The van der Waals surface area contributed by atoms with E-state index in [1.807, 2.05) is 18.2 Å². The van der Waals surface area contributed by atoms with Crippen LogP contribution in [-0.2, 0) is 4.74 Å². The molecule has 19 heavy (non-hydrogen) atoms. The van der Waals surface area contributed by atoms with Crippen LogP contribution < -0.4 is 5.73 Å². The lowest BCUT2D eigenvalue weighted by Gasteiger charge is -2.03. The predicted octanol–water partition coefficient (Wildman–Crippen LogP) is 2.47. The Labute approximate surface area is 109 Å². The predicted molar refractivity (Wildman–Crippen MR) is 74.0 cm³/mol. The van der Waals surface area contributed by atoms with Crippen LogP contribution in [0.3, 0.4) is 0 Å². The van der Waals surface area contributed by atoms with Crippen molar-refractivity contribution in [2.45, 2.75) is 6.92 Å². The highest BCUT2D eigenvalue weighted by Gasteiger charge is 2.15. The van der Waals surface area contributed by atoms with E-state index in [-0.39, 0.29) is 5.97 Å². The van der Waals surface area contributed by atoms with Crippen molar-refractivity contribution >= 4 is 33.5 Å². The Hall–Kier alpha value is -2.56. The molecule has 0 bridgehead atoms. The summed E-state index contributed by atoms with van der Waals surface area (Å²) in [7, 11) is 0. The molecule has 0 aliphatic heterocycles. The number of aromatic amines is 1. The monoisotopic (exact) mass is 255 g/mol. The molecule has 0 amide bonds. The summed E-state index contributed by atoms with van der Waals surface area (Å²) in [6.45, 7) is 2.11. The number of hydrogen-bond donors (Lipinski definition) is 2. The average Bonchev–Trinajstić information content (AvgIpc) is 2.76. The van der Waals surface area contributed by atoms with Crippen molar-refractivity contribution in [2.75, 3.05) is 12.3 Å². The fraction of sp³-hybridized carbons (Fsp3) is 0.143. The molecule has 0 radical (unpaired) electrons. The summed E-state index contributed by atoms with van der Waals surface area (Å²) < 4.78 is 5.06. The minimum Gasteiger partial charge on any atom is -0.462 e. The molecule has 0 aliphatic rings. The van der Waals surface area contributed by atoms with E-state index in [1.54, 1.807) is 13.1 Å². The molecule has 0 unspecified atom stereocenters. The van der Waals surface area contributed by atoms with Crippen LogP contribution in [0, 0.1) is 0 Å². The van der Waals surface area contributed by atoms with Gasteiger partial charge in [0.05, 0.1) is 23.9 Å². The van der Waals surface area contributed by atoms with Gasteiger partial charge in [-0.1, -0.05) is 0 Å². The van der Waals surface area contributed by atoms with Gasteiger partial charge < -0.3 is 15.5 Å². The Balaban J connectivity index is 2.36. The number of rotatable bonds is 2. The van der Waals surface area contributed by atoms with E-state index in [9.17, 15) is 4.79 Å². The fourth-order valence-corrected chi connectivity index (χ4v) is 2.23. The number of fused-ring (bicyclic) bond motifs is 3. The van der Waals surface area contributed by atoms with Crippen molar-refractivity contribution in [2.24, 2.45) is 0 Å². The number of pyridine rings is 1. The van der Waals surface area contributed by atoms with Crippen molar-refractivity contribution < 1.29 is 9.53 Å². The molecular formula is C14H13N3O2. The first-order chi connectivity index (χ1) is 9.20. The van der Waals surface area contributed by atoms with Gasteiger partial charge in [0, 0.05) is 28.2 Å². The van der Waals surface area contributed by atoms with E-state index in [0.29, 0.717) is 17.9 Å². The topological polar surface area (TPSA) is 81.0 Å². The molecule has 0 aliphatic carbocycles. The first-order valence-corrected chi connectivity index (χ1v) is 6.02. The van der Waals surface area contributed by atoms with Crippen LogP contribution in [0.5, 0.6) is 0 Å². The number of nitrogens with one attached hydrogen (secondary N) is 1. The second kappa shape index (κ2) is 4.28. The van der Waals surface area contributed by atoms with E-state index in [4.69, 9.17) is 10.5 Å². The van der Waals surface area contributed by atoms with Gasteiger partial charge in [0.1, 0.15) is 0 Å². The SMILES string of the molecule is CCOC(=O)c1cncc2[nH]c3ccc(N)cc3c12. The number of aromatic nitrogens is 2. The largest absolute Gasteiger partial charge is 0.462 e. The summed E-state index contributed by atoms with van der Waals surface area (Å²) >= 11 is 0. The molecule has 0 saturated heterocycles. The Bertz CT molecular complexity index is 777. The van der Waals surface area contributed by atoms with Crippen LogP contribution in [0.4, 0.5) is 5.69 Å². The lowest BCUT2D eigenvalue weighted by Crippen LogP contribution is -2.05. The van der Waals surface area contributed by atoms with Crippen molar-refractivity contribution in [3.63, 3.8) is 0 Å². The van der Waals surface area contributed by atoms with E-state index in [2.05, 4.69) is 9.97 Å². The highest BCUT2D eigenvalue weighted by Crippen LogP contribution is 2.29. The van der Waals surface area contributed by atoms with Gasteiger partial charge in [-0.2, -0.15) is 0 Å². The maximum atomic E-state index is 12.0. The van der Waals surface area contributed by atoms with E-state index >= 15 is 0 Å². The average molecular weight is 255 g/mol. The molecule has 2 heterocycles. The Morgan fingerprint density at radius 3 is 3.00 bits per heavy atom. The van der Waals surface area contributed by atoms with Gasteiger partial charge in [-0.3, -0.25) is 4.98 Å². The normalized spacial score (nSPS) is 11.0. The summed E-state index contributed by atoms with van der Waals surface area (Å²) in [6.07, 6.45) is 3.21. The molecule has 1 aromatic carbocycles. The summed E-state index contributed by atoms with van der Waals surface area (Å²) in [6, 6.07) is 5.55. The van der Waals surface area contributed by atoms with E-state index in [0.717, 1.165) is 21.8 Å². The van der Waals surface area contributed by atoms with Gasteiger partial charge in [0.25, 0.3) is 0 Å². The van der Waals surface area contributed by atoms with Crippen LogP contribution in [-0.4, -0.2) is 22.5 Å². The number of nitrogen functional groups attached to an aromatic ring is 1. The minimum atomic E-state index is -0.371. The third kappa shape index (κ3) is 1.79. The van der Waals surface area contributed by atoms with Gasteiger partial charge in [0.2, 0.25) is 0 Å². The Kier molecular flexibility index (Phi) is 2.59. The zero-order valence-corrected chi connectivity index (χ0v) is 10.4. The number of ether oxygens (including phenoxy) is 1. The molecule has 5 heteroatoms. The maximum Gasteiger partial charge on any atom is 0.340 e. The number of carbonyl (C=O) groups is 1. The zero-order chi connectivity index (χ0) is 13.4. The molecule has 0 atom stereocenters. The molecule has 2 aromatic heterocycles. The van der Waals surface area contributed by atoms with Crippen LogP contribution in [0.1, 0.15) is 17.3 Å². The summed E-state index contributed by atoms with van der Waals surface area (Å²) in [5.41, 5.74) is 8.64. The van der Waals surface area contributed by atoms with Gasteiger partial charge in [-0.15, -0.1) is 0 Å². The maximum absolute atomic E-state index is 12.0. The lowest BCUT2D eigenvalue weighted by molar-refractivity contribution is 0.0528. The number of nitrogens with two attached hydrogens (primary N) is 1. The smallest absolute Gasteiger partial charge is 0.340 e. The lowest BCUT2D eigenvalue weighted by atomic mass is 10.1. The molecule has 0 spiro atoms. The molecule has 0 saturated carbocycles. The fourth-order valence-electron chi connectivity index (χ4n) is 2.23. The second-order valence-electron chi connectivity index (χ2n) is 4.26. The highest BCUT2D eigenvalue weighted by molar-refractivity contribution is 6.16. The van der Waals surface area contributed by atoms with Gasteiger partial charge >= 0.3 is 5.97 Å². The van der Waals surface area contributed by atoms with Crippen molar-refractivity contribution in [1.29, 1.82) is 0 Å². The molecule has 3 aromatic rings. The van der Waals surface area contributed by atoms with Gasteiger partial charge in [0.15, 0.2) is 0 Å². The first kappa shape index (κ1) is 11.5. The number of anilines is 1. The summed E-state index contributed by atoms with van der Waals surface area (Å²) in [5, 5.41) is 1.70. The Morgan fingerprint density at radius 2 is 2.21 bits per heavy atom. The number of benzene rings is 1. The Morgan fingerprint density at radius 1 is 1.37 bits per heavy atom. The first-order valence-electron chi connectivity index (χ1n) is 6.02. The number of H-pyrrole nitrogens is 1. The third-order valence-corrected chi connectivity index (χ3v) is 3.02. The summed E-state index contributed by atoms with van der Waals surface area (Å²) in [4.78, 5) is 19.3. The zero-order valence-electron chi connectivity index (χ0n) is 10.4. The number of nitrogens with zero attached hydrogens (tertiary/aromatic N) is 1. The minimum absolute atomic E-state index is 0.333. The molecule has 96 valence electrons. The van der Waals surface area contributed by atoms with Crippen molar-refractivity contribution in [1.82, 2.24) is 9.97 Å². The van der Waals surface area contributed by atoms with E-state index in [1.165, 1.54) is 6.20 Å². The highest BCUT2D eigenvalue weighted by atomic mass is 16.5. The van der Waals surface area contributed by atoms with Crippen LogP contribution in [0.15, 0.2) is 30.6 Å². The molecule has 3 N–H and O–H groups in total. The number of hydrogen-bond acceptors (Lipinski definition) is 4. The van der Waals surface area contributed by atoms with Crippen LogP contribution in [0.2, 0.25) is 0 Å². The third-order valence-electron chi connectivity index (χ3n) is 3.02. The summed E-state index contributed by atoms with van der Waals surface area (Å²) in [5.74, 6) is -0.371. The van der Waals surface area contributed by atoms with Crippen LogP contribution in [0.25, 0.3) is 21.8 Å². The van der Waals surface area contributed by atoms with Crippen LogP contribution >= 0.6 is 0 Å². The number of carbonyl (C=O) groups excluding carboxylic acids is 1. The van der Waals surface area contributed by atoms with Crippen molar-refractivity contribution in [3.8, 4) is 0 Å². The van der Waals surface area contributed by atoms with Gasteiger partial charge in [-0.25, -0.2) is 4.79 Å². The molecule has 5 nitrogen and oxygen atoms in total. The number of esters is 1. The second-order valence-corrected chi connectivity index (χ2v) is 4.26. The molecule has 3 rings (SSSR count). The van der Waals surface area contributed by atoms with Crippen molar-refractivity contribution in [3.05, 3.63) is 36.2 Å². The van der Waals surface area contributed by atoms with Gasteiger partial charge in [-0.05, 0) is 25.1 Å². The standard InChI is InChI=1S/C14H13N3O2/c1-2-19-14(18)10-6-16-7-12-13(10)9-5-8(15)3-4-11(9)17-12/h3-7,17H,2,15H2,1H3. The van der Waals surface area contributed by atoms with E-state index < -0.39 is 0 Å².